The Balaban J connectivity index is 1.56. The Morgan fingerprint density at radius 3 is 2.56 bits per heavy atom. The van der Waals surface area contributed by atoms with E-state index in [1.807, 2.05) is 18.2 Å². The van der Waals surface area contributed by atoms with Gasteiger partial charge in [0.1, 0.15) is 5.69 Å². The summed E-state index contributed by atoms with van der Waals surface area (Å²) in [5.41, 5.74) is 3.00. The van der Waals surface area contributed by atoms with E-state index in [-0.39, 0.29) is 6.10 Å². The maximum absolute atomic E-state index is 11.0. The summed E-state index contributed by atoms with van der Waals surface area (Å²) in [6.45, 7) is 12.7. The highest BCUT2D eigenvalue weighted by molar-refractivity contribution is 5.68. The molecule has 8 nitrogen and oxygen atoms in total. The van der Waals surface area contributed by atoms with Crippen LogP contribution in [0.4, 0.5) is 5.88 Å². The van der Waals surface area contributed by atoms with Crippen molar-refractivity contribution in [3.8, 4) is 11.3 Å². The lowest BCUT2D eigenvalue weighted by Crippen LogP contribution is -2.45. The van der Waals surface area contributed by atoms with E-state index in [9.17, 15) is 5.11 Å². The minimum atomic E-state index is -0.448. The van der Waals surface area contributed by atoms with Crippen LogP contribution in [0.2, 0.25) is 0 Å². The van der Waals surface area contributed by atoms with Gasteiger partial charge in [0.25, 0.3) is 0 Å². The molecule has 3 heterocycles. The Morgan fingerprint density at radius 2 is 1.88 bits per heavy atom. The zero-order valence-electron chi connectivity index (χ0n) is 20.7. The molecule has 0 radical (unpaired) electrons. The molecule has 188 valence electrons. The monoisotopic (exact) mass is 472 g/mol. The van der Waals surface area contributed by atoms with Crippen LogP contribution < -0.4 is 4.90 Å². The summed E-state index contributed by atoms with van der Waals surface area (Å²) in [7, 11) is 0. The second kappa shape index (κ2) is 12.7. The number of aromatic nitrogens is 1. The van der Waals surface area contributed by atoms with Gasteiger partial charge in [-0.3, -0.25) is 9.80 Å². The van der Waals surface area contributed by atoms with Crippen molar-refractivity contribution in [1.29, 1.82) is 0 Å². The Labute approximate surface area is 203 Å². The van der Waals surface area contributed by atoms with Crippen molar-refractivity contribution in [3.05, 3.63) is 35.9 Å². The summed E-state index contributed by atoms with van der Waals surface area (Å²) >= 11 is 0. The van der Waals surface area contributed by atoms with Gasteiger partial charge in [0.05, 0.1) is 31.0 Å². The predicted octanol–water partition coefficient (Wildman–Crippen LogP) is 2.86. The highest BCUT2D eigenvalue weighted by Crippen LogP contribution is 2.33. The molecule has 0 saturated carbocycles. The van der Waals surface area contributed by atoms with Gasteiger partial charge < -0.3 is 24.0 Å². The summed E-state index contributed by atoms with van der Waals surface area (Å²) in [5.74, 6) is 0.823. The largest absolute Gasteiger partial charge is 0.390 e. The first-order valence-corrected chi connectivity index (χ1v) is 12.8. The molecule has 2 atom stereocenters. The lowest BCUT2D eigenvalue weighted by Gasteiger charge is -2.32. The molecule has 2 saturated heterocycles. The Kier molecular flexibility index (Phi) is 9.35. The molecule has 2 fully saturated rings. The van der Waals surface area contributed by atoms with E-state index in [2.05, 4.69) is 45.8 Å². The third-order valence-electron chi connectivity index (χ3n) is 6.77. The Morgan fingerprint density at radius 1 is 1.12 bits per heavy atom. The van der Waals surface area contributed by atoms with Gasteiger partial charge in [0, 0.05) is 64.5 Å². The summed E-state index contributed by atoms with van der Waals surface area (Å²) < 4.78 is 17.4. The number of benzene rings is 1. The minimum Gasteiger partial charge on any atom is -0.390 e. The van der Waals surface area contributed by atoms with Gasteiger partial charge in [-0.2, -0.15) is 0 Å². The van der Waals surface area contributed by atoms with E-state index in [1.165, 1.54) is 0 Å². The third-order valence-corrected chi connectivity index (χ3v) is 6.77. The fraction of sp³-hybridized carbons (Fsp3) is 0.654. The lowest BCUT2D eigenvalue weighted by atomic mass is 10.1. The minimum absolute atomic E-state index is 0.201. The lowest BCUT2D eigenvalue weighted by molar-refractivity contribution is -0.0000923. The predicted molar refractivity (Wildman–Crippen MR) is 133 cm³/mol. The number of hydrogen-bond acceptors (Lipinski definition) is 8. The standard InChI is InChI=1S/C26H40N4O4/c1-3-30(4-2)26-24(25(27-34-26)21-9-6-5-7-10-21)20-29(19-23-11-8-14-33-23)18-22(31)17-28-12-15-32-16-13-28/h5-7,9-10,22-23,31H,3-4,8,11-20H2,1-2H3/t22-,23+/m1/s1. The van der Waals surface area contributed by atoms with Gasteiger partial charge in [-0.05, 0) is 26.7 Å². The van der Waals surface area contributed by atoms with Crippen molar-refractivity contribution in [2.24, 2.45) is 0 Å². The number of aliphatic hydroxyl groups is 1. The molecule has 2 aliphatic rings. The first-order valence-electron chi connectivity index (χ1n) is 12.8. The van der Waals surface area contributed by atoms with Crippen LogP contribution in [0.15, 0.2) is 34.9 Å². The summed E-state index contributed by atoms with van der Waals surface area (Å²) in [4.78, 5) is 6.82. The number of β-amino-alcohol motifs (C(OH)–C–C–N with tert-alkyl or cyclic N) is 1. The fourth-order valence-corrected chi connectivity index (χ4v) is 4.97. The van der Waals surface area contributed by atoms with Gasteiger partial charge in [0.2, 0.25) is 5.88 Å². The van der Waals surface area contributed by atoms with Crippen LogP contribution in [-0.2, 0) is 16.0 Å². The maximum atomic E-state index is 11.0. The molecule has 4 rings (SSSR count). The van der Waals surface area contributed by atoms with Crippen molar-refractivity contribution in [1.82, 2.24) is 15.0 Å². The SMILES string of the molecule is CCN(CC)c1onc(-c2ccccc2)c1CN(C[C@H](O)CN1CCOCC1)C[C@@H]1CCCO1. The number of rotatable bonds is 12. The molecule has 8 heteroatoms. The summed E-state index contributed by atoms with van der Waals surface area (Å²) in [6, 6.07) is 10.2. The quantitative estimate of drug-likeness (QED) is 0.506. The van der Waals surface area contributed by atoms with E-state index < -0.39 is 6.10 Å². The second-order valence-corrected chi connectivity index (χ2v) is 9.25. The second-order valence-electron chi connectivity index (χ2n) is 9.25. The van der Waals surface area contributed by atoms with Crippen molar-refractivity contribution < 1.29 is 19.1 Å². The number of nitrogens with zero attached hydrogens (tertiary/aromatic N) is 4. The van der Waals surface area contributed by atoms with Crippen LogP contribution in [0.5, 0.6) is 0 Å². The molecule has 0 aliphatic carbocycles. The fourth-order valence-electron chi connectivity index (χ4n) is 4.97. The zero-order valence-corrected chi connectivity index (χ0v) is 20.7. The highest BCUT2D eigenvalue weighted by Gasteiger charge is 2.27. The van der Waals surface area contributed by atoms with Gasteiger partial charge in [-0.1, -0.05) is 35.5 Å². The molecule has 0 spiro atoms. The van der Waals surface area contributed by atoms with Gasteiger partial charge in [-0.15, -0.1) is 0 Å². The topological polar surface area (TPSA) is 74.4 Å². The van der Waals surface area contributed by atoms with Gasteiger partial charge in [-0.25, -0.2) is 0 Å². The smallest absolute Gasteiger partial charge is 0.232 e. The van der Waals surface area contributed by atoms with Crippen LogP contribution in [-0.4, -0.2) is 97.9 Å². The van der Waals surface area contributed by atoms with E-state index >= 15 is 0 Å². The van der Waals surface area contributed by atoms with Crippen molar-refractivity contribution in [3.63, 3.8) is 0 Å². The number of ether oxygens (including phenoxy) is 2. The van der Waals surface area contributed by atoms with Crippen LogP contribution in [0.1, 0.15) is 32.3 Å². The average molecular weight is 473 g/mol. The number of hydrogen-bond donors (Lipinski definition) is 1. The van der Waals surface area contributed by atoms with Gasteiger partial charge >= 0.3 is 0 Å². The molecular formula is C26H40N4O4. The summed E-state index contributed by atoms with van der Waals surface area (Å²) in [6.07, 6.45) is 1.92. The Hall–Kier alpha value is -1.97. The zero-order chi connectivity index (χ0) is 23.8. The molecule has 2 aliphatic heterocycles. The van der Waals surface area contributed by atoms with E-state index in [0.717, 1.165) is 88.1 Å². The summed E-state index contributed by atoms with van der Waals surface area (Å²) in [5, 5.41) is 15.5. The number of aliphatic hydroxyl groups excluding tert-OH is 1. The molecule has 0 amide bonds. The first kappa shape index (κ1) is 25.1. The first-order chi connectivity index (χ1) is 16.7. The molecule has 1 aromatic carbocycles. The van der Waals surface area contributed by atoms with E-state index in [4.69, 9.17) is 14.0 Å². The third kappa shape index (κ3) is 6.58. The molecule has 2 aromatic rings. The normalized spacial score (nSPS) is 20.2. The molecule has 0 unspecified atom stereocenters. The highest BCUT2D eigenvalue weighted by atomic mass is 16.5. The Bertz CT molecular complexity index is 846. The van der Waals surface area contributed by atoms with E-state index in [1.54, 1.807) is 0 Å². The van der Waals surface area contributed by atoms with Crippen molar-refractivity contribution in [2.75, 3.05) is 70.5 Å². The van der Waals surface area contributed by atoms with Crippen molar-refractivity contribution in [2.45, 2.75) is 45.4 Å². The molecular weight excluding hydrogens is 432 g/mol. The van der Waals surface area contributed by atoms with Crippen LogP contribution >= 0.6 is 0 Å². The van der Waals surface area contributed by atoms with Crippen molar-refractivity contribution >= 4 is 5.88 Å². The maximum Gasteiger partial charge on any atom is 0.232 e. The van der Waals surface area contributed by atoms with Crippen LogP contribution in [0, 0.1) is 0 Å². The molecule has 1 aromatic heterocycles. The average Bonchev–Trinajstić information content (AvgIpc) is 3.52. The molecule has 34 heavy (non-hydrogen) atoms. The van der Waals surface area contributed by atoms with Crippen LogP contribution in [0.25, 0.3) is 11.3 Å². The molecule has 0 bridgehead atoms. The number of anilines is 1. The number of morpholine rings is 1. The van der Waals surface area contributed by atoms with Gasteiger partial charge in [0.15, 0.2) is 0 Å². The van der Waals surface area contributed by atoms with E-state index in [0.29, 0.717) is 19.6 Å². The molecule has 1 N–H and O–H groups in total. The van der Waals surface area contributed by atoms with Crippen LogP contribution in [0.3, 0.4) is 0 Å².